The SMILES string of the molecule is COc1cc(/C=C(\NC(=O)c2ccccc2)C(=O)Nc2ccc(SC3CC(=O)N(c4ccc([N+](=O)[O-])cc4)C3=O)cc2)cc(OC)c1OC. The highest BCUT2D eigenvalue weighted by Crippen LogP contribution is 2.39. The number of nitro groups is 1. The van der Waals surface area contributed by atoms with Crippen molar-refractivity contribution in [3.8, 4) is 17.2 Å². The highest BCUT2D eigenvalue weighted by molar-refractivity contribution is 8.00. The van der Waals surface area contributed by atoms with Crippen LogP contribution < -0.4 is 29.7 Å². The Bertz CT molecular complexity index is 1910. The van der Waals surface area contributed by atoms with Crippen LogP contribution in [0.4, 0.5) is 17.1 Å². The Balaban J connectivity index is 1.33. The summed E-state index contributed by atoms with van der Waals surface area (Å²) < 4.78 is 16.2. The summed E-state index contributed by atoms with van der Waals surface area (Å²) in [6.45, 7) is 0. The van der Waals surface area contributed by atoms with Crippen LogP contribution in [0.2, 0.25) is 0 Å². The third-order valence-corrected chi connectivity index (χ3v) is 8.54. The number of hydrogen-bond donors (Lipinski definition) is 2. The van der Waals surface area contributed by atoms with Crippen molar-refractivity contribution >= 4 is 58.5 Å². The highest BCUT2D eigenvalue weighted by atomic mass is 32.2. The molecule has 250 valence electrons. The van der Waals surface area contributed by atoms with Crippen LogP contribution in [0.1, 0.15) is 22.3 Å². The molecule has 0 saturated carbocycles. The molecule has 1 fully saturated rings. The molecule has 0 bridgehead atoms. The molecular formula is C35H30N4O9S. The maximum absolute atomic E-state index is 13.6. The maximum atomic E-state index is 13.6. The minimum atomic E-state index is -0.704. The molecule has 14 heteroatoms. The second kappa shape index (κ2) is 15.2. The first kappa shape index (κ1) is 34.2. The lowest BCUT2D eigenvalue weighted by Crippen LogP contribution is -2.31. The lowest BCUT2D eigenvalue weighted by Gasteiger charge is -2.15. The van der Waals surface area contributed by atoms with Crippen molar-refractivity contribution in [3.63, 3.8) is 0 Å². The van der Waals surface area contributed by atoms with Gasteiger partial charge in [-0.3, -0.25) is 29.3 Å². The Morgan fingerprint density at radius 1 is 0.898 bits per heavy atom. The predicted molar refractivity (Wildman–Crippen MR) is 183 cm³/mol. The molecule has 0 aliphatic carbocycles. The van der Waals surface area contributed by atoms with E-state index in [9.17, 15) is 29.3 Å². The fourth-order valence-electron chi connectivity index (χ4n) is 4.96. The van der Waals surface area contributed by atoms with Gasteiger partial charge in [0.2, 0.25) is 17.6 Å². The molecule has 2 N–H and O–H groups in total. The molecule has 1 aliphatic rings. The summed E-state index contributed by atoms with van der Waals surface area (Å²) in [7, 11) is 4.40. The number of thioether (sulfide) groups is 1. The van der Waals surface area contributed by atoms with Gasteiger partial charge < -0.3 is 24.8 Å². The first-order valence-electron chi connectivity index (χ1n) is 14.7. The molecule has 4 amide bonds. The molecule has 0 radical (unpaired) electrons. The number of imide groups is 1. The number of rotatable bonds is 12. The summed E-state index contributed by atoms with van der Waals surface area (Å²) in [5, 5.41) is 15.7. The minimum absolute atomic E-state index is 0.0465. The molecule has 1 atom stereocenters. The van der Waals surface area contributed by atoms with E-state index in [1.165, 1.54) is 63.4 Å². The van der Waals surface area contributed by atoms with Crippen LogP contribution in [0.5, 0.6) is 17.2 Å². The van der Waals surface area contributed by atoms with E-state index in [4.69, 9.17) is 14.2 Å². The van der Waals surface area contributed by atoms with E-state index in [1.807, 2.05) is 0 Å². The topological polar surface area (TPSA) is 166 Å². The zero-order valence-corrected chi connectivity index (χ0v) is 27.3. The summed E-state index contributed by atoms with van der Waals surface area (Å²) in [6.07, 6.45) is 1.43. The molecule has 13 nitrogen and oxygen atoms in total. The van der Waals surface area contributed by atoms with E-state index < -0.39 is 33.8 Å². The van der Waals surface area contributed by atoms with Gasteiger partial charge in [-0.05, 0) is 72.3 Å². The van der Waals surface area contributed by atoms with Crippen LogP contribution in [0.15, 0.2) is 102 Å². The standard InChI is InChI=1S/C35H30N4O9S/c1-46-28-18-21(19-29(47-2)32(28)48-3)17-27(37-33(41)22-7-5-4-6-8-22)34(42)36-23-9-15-26(16-10-23)49-30-20-31(40)38(35(30)43)24-11-13-25(14-12-24)39(44)45/h4-19,30H,20H2,1-3H3,(H,36,42)(H,37,41)/b27-17-. The van der Waals surface area contributed by atoms with Crippen molar-refractivity contribution in [1.29, 1.82) is 0 Å². The number of ether oxygens (including phenoxy) is 3. The van der Waals surface area contributed by atoms with Gasteiger partial charge in [-0.25, -0.2) is 4.90 Å². The summed E-state index contributed by atoms with van der Waals surface area (Å²) in [5.74, 6) is -0.890. The zero-order chi connectivity index (χ0) is 35.1. The number of non-ortho nitro benzene ring substituents is 1. The van der Waals surface area contributed by atoms with E-state index in [0.29, 0.717) is 39.0 Å². The molecule has 4 aromatic carbocycles. The number of carbonyl (C=O) groups is 4. The van der Waals surface area contributed by atoms with Crippen LogP contribution in [-0.2, 0) is 14.4 Å². The molecule has 0 spiro atoms. The predicted octanol–water partition coefficient (Wildman–Crippen LogP) is 5.45. The molecule has 0 aromatic heterocycles. The molecule has 1 aliphatic heterocycles. The third kappa shape index (κ3) is 7.88. The number of hydrogen-bond acceptors (Lipinski definition) is 10. The Hall–Kier alpha value is -6.15. The van der Waals surface area contributed by atoms with E-state index in [-0.39, 0.29) is 23.5 Å². The molecule has 1 saturated heterocycles. The third-order valence-electron chi connectivity index (χ3n) is 7.34. The van der Waals surface area contributed by atoms with Gasteiger partial charge in [0.15, 0.2) is 11.5 Å². The maximum Gasteiger partial charge on any atom is 0.272 e. The monoisotopic (exact) mass is 682 g/mol. The smallest absolute Gasteiger partial charge is 0.272 e. The summed E-state index contributed by atoms with van der Waals surface area (Å²) in [4.78, 5) is 64.6. The number of nitro benzene ring substituents is 1. The second-order valence-corrected chi connectivity index (χ2v) is 11.7. The van der Waals surface area contributed by atoms with Crippen LogP contribution in [0.3, 0.4) is 0 Å². The Kier molecular flexibility index (Phi) is 10.6. The summed E-state index contributed by atoms with van der Waals surface area (Å²) >= 11 is 1.19. The number of benzene rings is 4. The average molecular weight is 683 g/mol. The van der Waals surface area contributed by atoms with E-state index in [0.717, 1.165) is 4.90 Å². The number of nitrogens with zero attached hydrogens (tertiary/aromatic N) is 2. The average Bonchev–Trinajstić information content (AvgIpc) is 3.39. The lowest BCUT2D eigenvalue weighted by atomic mass is 10.1. The number of nitrogens with one attached hydrogen (secondary N) is 2. The van der Waals surface area contributed by atoms with Gasteiger partial charge in [0.05, 0.1) is 37.2 Å². The second-order valence-electron chi connectivity index (χ2n) is 10.5. The van der Waals surface area contributed by atoms with Crippen molar-refractivity contribution in [2.24, 2.45) is 0 Å². The van der Waals surface area contributed by atoms with Gasteiger partial charge in [-0.1, -0.05) is 18.2 Å². The minimum Gasteiger partial charge on any atom is -0.493 e. The van der Waals surface area contributed by atoms with Gasteiger partial charge >= 0.3 is 0 Å². The molecule has 1 unspecified atom stereocenters. The Labute approximate surface area is 285 Å². The Morgan fingerprint density at radius 2 is 1.53 bits per heavy atom. The quantitative estimate of drug-likeness (QED) is 0.0849. The van der Waals surface area contributed by atoms with Crippen molar-refractivity contribution in [2.75, 3.05) is 31.5 Å². The van der Waals surface area contributed by atoms with Gasteiger partial charge in [-0.2, -0.15) is 0 Å². The number of methoxy groups -OCH3 is 3. The first-order valence-corrected chi connectivity index (χ1v) is 15.6. The molecule has 4 aromatic rings. The van der Waals surface area contributed by atoms with Gasteiger partial charge in [-0.15, -0.1) is 11.8 Å². The molecule has 1 heterocycles. The molecular weight excluding hydrogens is 652 g/mol. The van der Waals surface area contributed by atoms with Crippen LogP contribution in [0, 0.1) is 10.1 Å². The van der Waals surface area contributed by atoms with Crippen molar-refractivity contribution in [2.45, 2.75) is 16.6 Å². The zero-order valence-electron chi connectivity index (χ0n) is 26.5. The van der Waals surface area contributed by atoms with Gasteiger partial charge in [0, 0.05) is 34.7 Å². The normalized spacial score (nSPS) is 14.3. The Morgan fingerprint density at radius 3 is 2.10 bits per heavy atom. The fourth-order valence-corrected chi connectivity index (χ4v) is 6.02. The number of anilines is 2. The van der Waals surface area contributed by atoms with Gasteiger partial charge in [0.25, 0.3) is 17.5 Å². The van der Waals surface area contributed by atoms with Crippen LogP contribution in [-0.4, -0.2) is 55.1 Å². The largest absolute Gasteiger partial charge is 0.493 e. The first-order chi connectivity index (χ1) is 23.6. The van der Waals surface area contributed by atoms with Gasteiger partial charge in [0.1, 0.15) is 5.70 Å². The van der Waals surface area contributed by atoms with Crippen LogP contribution >= 0.6 is 11.8 Å². The summed E-state index contributed by atoms with van der Waals surface area (Å²) in [5.41, 5.74) is 1.28. The lowest BCUT2D eigenvalue weighted by molar-refractivity contribution is -0.384. The highest BCUT2D eigenvalue weighted by Gasteiger charge is 2.40. The summed E-state index contributed by atoms with van der Waals surface area (Å²) in [6, 6.07) is 23.5. The fraction of sp³-hybridized carbons (Fsp3) is 0.143. The van der Waals surface area contributed by atoms with Crippen LogP contribution in [0.25, 0.3) is 6.08 Å². The molecule has 49 heavy (non-hydrogen) atoms. The van der Waals surface area contributed by atoms with E-state index >= 15 is 0 Å². The van der Waals surface area contributed by atoms with Crippen molar-refractivity contribution < 1.29 is 38.3 Å². The molecule has 5 rings (SSSR count). The number of carbonyl (C=O) groups excluding carboxylic acids is 4. The van der Waals surface area contributed by atoms with Crippen molar-refractivity contribution in [3.05, 3.63) is 118 Å². The van der Waals surface area contributed by atoms with Crippen molar-refractivity contribution in [1.82, 2.24) is 5.32 Å². The van der Waals surface area contributed by atoms with E-state index in [2.05, 4.69) is 10.6 Å². The number of amides is 4. The van der Waals surface area contributed by atoms with E-state index in [1.54, 1.807) is 66.7 Å².